The summed E-state index contributed by atoms with van der Waals surface area (Å²) in [6.45, 7) is 3.71. The number of nitrogens with zero attached hydrogens (tertiary/aromatic N) is 1. The van der Waals surface area contributed by atoms with E-state index in [1.54, 1.807) is 13.8 Å². The predicted octanol–water partition coefficient (Wildman–Crippen LogP) is 0.358. The lowest BCUT2D eigenvalue weighted by atomic mass is 10.3. The van der Waals surface area contributed by atoms with E-state index in [1.165, 1.54) is 7.11 Å². The second-order valence-electron chi connectivity index (χ2n) is 2.22. The molecule has 0 fully saturated rings. The van der Waals surface area contributed by atoms with Crippen LogP contribution in [0.3, 0.4) is 0 Å². The zero-order valence-corrected chi connectivity index (χ0v) is 10.3. The molecule has 0 amide bonds. The van der Waals surface area contributed by atoms with Crippen LogP contribution < -0.4 is 0 Å². The molecule has 6 nitrogen and oxygen atoms in total. The highest BCUT2D eigenvalue weighted by atomic mass is 35.5. The van der Waals surface area contributed by atoms with Gasteiger partial charge in [0, 0.05) is 6.61 Å². The van der Waals surface area contributed by atoms with Gasteiger partial charge in [-0.1, -0.05) is 5.16 Å². The van der Waals surface area contributed by atoms with Crippen molar-refractivity contribution < 1.29 is 24.3 Å². The van der Waals surface area contributed by atoms with Crippen molar-refractivity contribution >= 4 is 29.1 Å². The van der Waals surface area contributed by atoms with Gasteiger partial charge in [0.2, 0.25) is 11.5 Å². The molecule has 1 N–H and O–H groups in total. The Morgan fingerprint density at radius 3 is 2.19 bits per heavy atom. The molecule has 94 valence electrons. The van der Waals surface area contributed by atoms with Crippen LogP contribution in [0.1, 0.15) is 13.8 Å². The Morgan fingerprint density at radius 1 is 1.38 bits per heavy atom. The number of aliphatic hydroxyl groups excluding tert-OH is 1. The monoisotopic (exact) mass is 253 g/mol. The van der Waals surface area contributed by atoms with Crippen molar-refractivity contribution in [2.24, 2.45) is 5.16 Å². The van der Waals surface area contributed by atoms with Crippen molar-refractivity contribution in [1.29, 1.82) is 0 Å². The molecule has 7 heteroatoms. The molecule has 0 aliphatic heterocycles. The molecule has 0 rings (SSSR count). The molecule has 0 saturated heterocycles. The Labute approximate surface area is 99.2 Å². The fraction of sp³-hybridized carbons (Fsp3) is 0.667. The number of ketones is 1. The van der Waals surface area contributed by atoms with Gasteiger partial charge in [0.05, 0.1) is 12.5 Å². The molecule has 0 aliphatic carbocycles. The molecule has 0 spiro atoms. The van der Waals surface area contributed by atoms with Gasteiger partial charge < -0.3 is 14.7 Å². The van der Waals surface area contributed by atoms with Crippen molar-refractivity contribution in [3.63, 3.8) is 0 Å². The third-order valence-corrected chi connectivity index (χ3v) is 1.28. The summed E-state index contributed by atoms with van der Waals surface area (Å²) in [6.07, 6.45) is 0. The van der Waals surface area contributed by atoms with Gasteiger partial charge in [-0.15, -0.1) is 11.6 Å². The van der Waals surface area contributed by atoms with Crippen LogP contribution in [-0.4, -0.2) is 48.8 Å². The highest BCUT2D eigenvalue weighted by Crippen LogP contribution is 1.91. The van der Waals surface area contributed by atoms with Crippen LogP contribution in [0.15, 0.2) is 5.16 Å². The lowest BCUT2D eigenvalue weighted by Gasteiger charge is -2.01. The van der Waals surface area contributed by atoms with Gasteiger partial charge in [-0.25, -0.2) is 4.79 Å². The molecule has 0 saturated carbocycles. The summed E-state index contributed by atoms with van der Waals surface area (Å²) in [4.78, 5) is 26.3. The number of carbonyl (C=O) groups excluding carboxylic acids is 2. The number of alkyl halides is 1. The Hall–Kier alpha value is -1.14. The first-order chi connectivity index (χ1) is 7.58. The third kappa shape index (κ3) is 8.19. The molecule has 0 aromatic heterocycles. The minimum atomic E-state index is -0.824. The molecule has 0 unspecified atom stereocenters. The number of esters is 1. The molecule has 0 bridgehead atoms. The zero-order valence-electron chi connectivity index (χ0n) is 9.53. The van der Waals surface area contributed by atoms with Crippen LogP contribution in [0.2, 0.25) is 0 Å². The van der Waals surface area contributed by atoms with Crippen LogP contribution >= 0.6 is 11.6 Å². The van der Waals surface area contributed by atoms with E-state index >= 15 is 0 Å². The minimum Gasteiger partial charge on any atom is -0.461 e. The maximum atomic E-state index is 11.0. The second-order valence-corrected chi connectivity index (χ2v) is 2.48. The van der Waals surface area contributed by atoms with Crippen molar-refractivity contribution in [1.82, 2.24) is 0 Å². The molecule has 0 atom stereocenters. The first-order valence-electron chi connectivity index (χ1n) is 4.57. The standard InChI is InChI=1S/C7H10ClNO4.C2H6O/c1-3-13-7(11)6(9-12-2)5(10)4-8;1-2-3/h3-4H2,1-2H3;3H,2H2,1H3. The highest BCUT2D eigenvalue weighted by Gasteiger charge is 2.21. The third-order valence-electron chi connectivity index (χ3n) is 1.04. The Bertz CT molecular complexity index is 242. The summed E-state index contributed by atoms with van der Waals surface area (Å²) in [5, 5.41) is 10.8. The van der Waals surface area contributed by atoms with E-state index in [0.29, 0.717) is 0 Å². The smallest absolute Gasteiger partial charge is 0.364 e. The Morgan fingerprint density at radius 2 is 1.88 bits per heavy atom. The number of halogens is 1. The van der Waals surface area contributed by atoms with Gasteiger partial charge in [0.25, 0.3) is 0 Å². The molecular weight excluding hydrogens is 238 g/mol. The first-order valence-corrected chi connectivity index (χ1v) is 5.10. The van der Waals surface area contributed by atoms with E-state index in [4.69, 9.17) is 16.7 Å². The largest absolute Gasteiger partial charge is 0.461 e. The lowest BCUT2D eigenvalue weighted by molar-refractivity contribution is -0.135. The number of hydrogen-bond acceptors (Lipinski definition) is 6. The Balaban J connectivity index is 0. The van der Waals surface area contributed by atoms with Gasteiger partial charge in [-0.05, 0) is 13.8 Å². The fourth-order valence-corrected chi connectivity index (χ4v) is 0.683. The molecule has 0 radical (unpaired) electrons. The predicted molar refractivity (Wildman–Crippen MR) is 59.6 cm³/mol. The summed E-state index contributed by atoms with van der Waals surface area (Å²) in [5.74, 6) is -1.78. The van der Waals surface area contributed by atoms with Crippen LogP contribution in [-0.2, 0) is 19.2 Å². The van der Waals surface area contributed by atoms with E-state index in [1.807, 2.05) is 0 Å². The minimum absolute atomic E-state index is 0.164. The van der Waals surface area contributed by atoms with Crippen LogP contribution in [0.4, 0.5) is 0 Å². The lowest BCUT2D eigenvalue weighted by Crippen LogP contribution is -2.27. The number of rotatable bonds is 5. The first kappa shape index (κ1) is 17.3. The molecule has 0 heterocycles. The average molecular weight is 254 g/mol. The van der Waals surface area contributed by atoms with Gasteiger partial charge in [0.1, 0.15) is 7.11 Å². The topological polar surface area (TPSA) is 85.2 Å². The van der Waals surface area contributed by atoms with E-state index in [2.05, 4.69) is 14.7 Å². The molecule has 16 heavy (non-hydrogen) atoms. The number of ether oxygens (including phenoxy) is 1. The quantitative estimate of drug-likeness (QED) is 0.251. The highest BCUT2D eigenvalue weighted by molar-refractivity contribution is 6.67. The van der Waals surface area contributed by atoms with Crippen molar-refractivity contribution in [3.05, 3.63) is 0 Å². The number of carbonyl (C=O) groups is 2. The number of aliphatic hydroxyl groups is 1. The maximum Gasteiger partial charge on any atom is 0.364 e. The van der Waals surface area contributed by atoms with E-state index < -0.39 is 17.5 Å². The molecule has 0 aliphatic rings. The fourth-order valence-electron chi connectivity index (χ4n) is 0.556. The van der Waals surface area contributed by atoms with Crippen LogP contribution in [0.25, 0.3) is 0 Å². The summed E-state index contributed by atoms with van der Waals surface area (Å²) >= 11 is 5.23. The van der Waals surface area contributed by atoms with Crippen LogP contribution in [0, 0.1) is 0 Å². The number of hydrogen-bond donors (Lipinski definition) is 1. The van der Waals surface area contributed by atoms with Gasteiger partial charge in [-0.2, -0.15) is 0 Å². The molecule has 0 aromatic rings. The average Bonchev–Trinajstić information content (AvgIpc) is 2.26. The summed E-state index contributed by atoms with van der Waals surface area (Å²) in [6, 6.07) is 0. The van der Waals surface area contributed by atoms with E-state index in [-0.39, 0.29) is 19.1 Å². The molecular formula is C9H16ClNO5. The van der Waals surface area contributed by atoms with E-state index in [9.17, 15) is 9.59 Å². The second kappa shape index (κ2) is 11.9. The van der Waals surface area contributed by atoms with Crippen molar-refractivity contribution in [3.8, 4) is 0 Å². The zero-order chi connectivity index (χ0) is 13.0. The number of Topliss-reactive ketones (excluding diaryl/α,β-unsaturated/α-hetero) is 1. The number of oxime groups is 1. The summed E-state index contributed by atoms with van der Waals surface area (Å²) in [5.41, 5.74) is -0.417. The normalized spacial score (nSPS) is 9.94. The molecule has 0 aromatic carbocycles. The SMILES string of the molecule is CCO.CCOC(=O)C(=NOC)C(=O)CCl. The van der Waals surface area contributed by atoms with Crippen LogP contribution in [0.5, 0.6) is 0 Å². The van der Waals surface area contributed by atoms with Crippen molar-refractivity contribution in [2.45, 2.75) is 13.8 Å². The Kier molecular flexibility index (Phi) is 12.9. The van der Waals surface area contributed by atoms with Crippen molar-refractivity contribution in [2.75, 3.05) is 26.2 Å². The van der Waals surface area contributed by atoms with E-state index in [0.717, 1.165) is 0 Å². The van der Waals surface area contributed by atoms with Gasteiger partial charge in [-0.3, -0.25) is 4.79 Å². The summed E-state index contributed by atoms with van der Waals surface area (Å²) < 4.78 is 4.55. The van der Waals surface area contributed by atoms with Gasteiger partial charge >= 0.3 is 5.97 Å². The summed E-state index contributed by atoms with van der Waals surface area (Å²) in [7, 11) is 1.22. The maximum absolute atomic E-state index is 11.0. The van der Waals surface area contributed by atoms with Gasteiger partial charge in [0.15, 0.2) is 0 Å².